The van der Waals surface area contributed by atoms with Crippen molar-refractivity contribution < 1.29 is 0 Å². The van der Waals surface area contributed by atoms with Crippen LogP contribution in [0.5, 0.6) is 0 Å². The fourth-order valence-corrected chi connectivity index (χ4v) is 2.47. The Morgan fingerprint density at radius 2 is 1.71 bits per heavy atom. The minimum atomic E-state index is 0.288. The number of rotatable bonds is 3. The van der Waals surface area contributed by atoms with Crippen LogP contribution in [0.15, 0.2) is 0 Å². The molecule has 0 aromatic rings. The Bertz CT molecular complexity index is 196. The Labute approximate surface area is 87.6 Å². The van der Waals surface area contributed by atoms with E-state index < -0.39 is 0 Å². The molecule has 2 fully saturated rings. The van der Waals surface area contributed by atoms with Crippen molar-refractivity contribution >= 4 is 0 Å². The normalized spacial score (nSPS) is 30.2. The number of nitrogens with two attached hydrogens (primary N) is 1. The van der Waals surface area contributed by atoms with Gasteiger partial charge in [-0.25, -0.2) is 0 Å². The molecule has 0 heterocycles. The van der Waals surface area contributed by atoms with E-state index in [4.69, 9.17) is 5.73 Å². The van der Waals surface area contributed by atoms with Gasteiger partial charge >= 0.3 is 0 Å². The van der Waals surface area contributed by atoms with Crippen molar-refractivity contribution in [1.29, 1.82) is 0 Å². The van der Waals surface area contributed by atoms with Crippen molar-refractivity contribution in [2.75, 3.05) is 6.54 Å². The molecule has 2 aliphatic rings. The maximum absolute atomic E-state index is 5.94. The lowest BCUT2D eigenvalue weighted by molar-refractivity contribution is 0.138. The van der Waals surface area contributed by atoms with Gasteiger partial charge in [-0.1, -0.05) is 13.8 Å². The monoisotopic (exact) mass is 196 g/mol. The standard InChI is InChI=1S/C12H24N2/c1-11(2)5-7-12(9-13,8-6-11)14-10-3-4-10/h10,14H,3-9,13H2,1-2H3. The topological polar surface area (TPSA) is 38.0 Å². The molecule has 0 aromatic heterocycles. The molecule has 0 bridgehead atoms. The van der Waals surface area contributed by atoms with Gasteiger partial charge in [0.2, 0.25) is 0 Å². The molecule has 0 atom stereocenters. The summed E-state index contributed by atoms with van der Waals surface area (Å²) in [4.78, 5) is 0. The Balaban J connectivity index is 1.93. The SMILES string of the molecule is CC1(C)CCC(CN)(NC2CC2)CC1. The molecule has 0 spiro atoms. The van der Waals surface area contributed by atoms with E-state index in [1.165, 1.54) is 38.5 Å². The third-order valence-electron chi connectivity index (χ3n) is 4.04. The number of hydrogen-bond acceptors (Lipinski definition) is 2. The van der Waals surface area contributed by atoms with Crippen LogP contribution in [-0.4, -0.2) is 18.1 Å². The van der Waals surface area contributed by atoms with Gasteiger partial charge in [-0.3, -0.25) is 0 Å². The summed E-state index contributed by atoms with van der Waals surface area (Å²) in [7, 11) is 0. The molecule has 2 nitrogen and oxygen atoms in total. The van der Waals surface area contributed by atoms with E-state index in [9.17, 15) is 0 Å². The van der Waals surface area contributed by atoms with Crippen LogP contribution < -0.4 is 11.1 Å². The van der Waals surface area contributed by atoms with E-state index in [-0.39, 0.29) is 5.54 Å². The molecule has 14 heavy (non-hydrogen) atoms. The summed E-state index contributed by atoms with van der Waals surface area (Å²) in [5.41, 5.74) is 6.77. The zero-order chi connectivity index (χ0) is 10.2. The highest BCUT2D eigenvalue weighted by Crippen LogP contribution is 2.41. The highest BCUT2D eigenvalue weighted by atomic mass is 15.1. The van der Waals surface area contributed by atoms with Gasteiger partial charge in [0.25, 0.3) is 0 Å². The van der Waals surface area contributed by atoms with Gasteiger partial charge in [-0.15, -0.1) is 0 Å². The van der Waals surface area contributed by atoms with Crippen LogP contribution >= 0.6 is 0 Å². The van der Waals surface area contributed by atoms with Crippen LogP contribution in [0.25, 0.3) is 0 Å². The summed E-state index contributed by atoms with van der Waals surface area (Å²) in [5, 5.41) is 3.77. The molecule has 2 saturated carbocycles. The van der Waals surface area contributed by atoms with E-state index in [2.05, 4.69) is 19.2 Å². The van der Waals surface area contributed by atoms with Gasteiger partial charge in [0.05, 0.1) is 0 Å². The molecule has 2 rings (SSSR count). The molecular weight excluding hydrogens is 172 g/mol. The quantitative estimate of drug-likeness (QED) is 0.725. The van der Waals surface area contributed by atoms with Gasteiger partial charge < -0.3 is 11.1 Å². The Hall–Kier alpha value is -0.0800. The lowest BCUT2D eigenvalue weighted by Crippen LogP contribution is -2.55. The second-order valence-electron chi connectivity index (χ2n) is 6.07. The molecule has 2 aliphatic carbocycles. The molecule has 82 valence electrons. The molecule has 0 saturated heterocycles. The van der Waals surface area contributed by atoms with E-state index >= 15 is 0 Å². The third-order valence-corrected chi connectivity index (χ3v) is 4.04. The minimum absolute atomic E-state index is 0.288. The van der Waals surface area contributed by atoms with Crippen molar-refractivity contribution in [3.63, 3.8) is 0 Å². The first-order valence-corrected chi connectivity index (χ1v) is 6.03. The molecule has 0 aliphatic heterocycles. The fraction of sp³-hybridized carbons (Fsp3) is 1.00. The van der Waals surface area contributed by atoms with Crippen molar-refractivity contribution in [1.82, 2.24) is 5.32 Å². The molecule has 2 heteroatoms. The Kier molecular flexibility index (Phi) is 2.61. The van der Waals surface area contributed by atoms with Crippen LogP contribution in [0, 0.1) is 5.41 Å². The van der Waals surface area contributed by atoms with Gasteiger partial charge in [0.1, 0.15) is 0 Å². The highest BCUT2D eigenvalue weighted by Gasteiger charge is 2.40. The fourth-order valence-electron chi connectivity index (χ4n) is 2.47. The summed E-state index contributed by atoms with van der Waals surface area (Å²) in [6.45, 7) is 5.58. The van der Waals surface area contributed by atoms with Crippen molar-refractivity contribution in [3.05, 3.63) is 0 Å². The summed E-state index contributed by atoms with van der Waals surface area (Å²) in [6, 6.07) is 0.791. The maximum atomic E-state index is 5.94. The van der Waals surface area contributed by atoms with Crippen molar-refractivity contribution in [3.8, 4) is 0 Å². The summed E-state index contributed by atoms with van der Waals surface area (Å²) in [5.74, 6) is 0. The summed E-state index contributed by atoms with van der Waals surface area (Å²) < 4.78 is 0. The van der Waals surface area contributed by atoms with E-state index in [1.54, 1.807) is 0 Å². The average molecular weight is 196 g/mol. The highest BCUT2D eigenvalue weighted by molar-refractivity contribution is 5.00. The first-order valence-electron chi connectivity index (χ1n) is 6.03. The van der Waals surface area contributed by atoms with Crippen LogP contribution in [0.4, 0.5) is 0 Å². The molecule has 0 aromatic carbocycles. The first kappa shape index (κ1) is 10.4. The molecule has 0 radical (unpaired) electrons. The summed E-state index contributed by atoms with van der Waals surface area (Å²) >= 11 is 0. The van der Waals surface area contributed by atoms with Crippen molar-refractivity contribution in [2.45, 2.75) is 64.0 Å². The molecule has 0 amide bonds. The average Bonchev–Trinajstić information content (AvgIpc) is 2.93. The third kappa shape index (κ3) is 2.29. The summed E-state index contributed by atoms with van der Waals surface area (Å²) in [6.07, 6.45) is 7.92. The number of hydrogen-bond donors (Lipinski definition) is 2. The lowest BCUT2D eigenvalue weighted by atomic mass is 9.69. The van der Waals surface area contributed by atoms with Crippen LogP contribution in [0.1, 0.15) is 52.4 Å². The Morgan fingerprint density at radius 3 is 2.14 bits per heavy atom. The zero-order valence-electron chi connectivity index (χ0n) is 9.60. The maximum Gasteiger partial charge on any atom is 0.0306 e. The van der Waals surface area contributed by atoms with Gasteiger partial charge in [-0.05, 0) is 43.9 Å². The second kappa shape index (κ2) is 3.49. The van der Waals surface area contributed by atoms with E-state index in [1.807, 2.05) is 0 Å². The van der Waals surface area contributed by atoms with Crippen LogP contribution in [-0.2, 0) is 0 Å². The van der Waals surface area contributed by atoms with Gasteiger partial charge in [0.15, 0.2) is 0 Å². The van der Waals surface area contributed by atoms with E-state index in [0.29, 0.717) is 5.41 Å². The molecular formula is C12H24N2. The Morgan fingerprint density at radius 1 is 1.14 bits per heavy atom. The number of nitrogens with one attached hydrogen (secondary N) is 1. The molecule has 0 unspecified atom stereocenters. The van der Waals surface area contributed by atoms with Gasteiger partial charge in [0, 0.05) is 18.1 Å². The lowest BCUT2D eigenvalue weighted by Gasteiger charge is -2.44. The predicted molar refractivity (Wildman–Crippen MR) is 60.2 cm³/mol. The largest absolute Gasteiger partial charge is 0.329 e. The first-order chi connectivity index (χ1) is 6.55. The predicted octanol–water partition coefficient (Wildman–Crippen LogP) is 2.04. The molecule has 3 N–H and O–H groups in total. The van der Waals surface area contributed by atoms with Crippen molar-refractivity contribution in [2.24, 2.45) is 11.1 Å². The smallest absolute Gasteiger partial charge is 0.0306 e. The zero-order valence-corrected chi connectivity index (χ0v) is 9.60. The van der Waals surface area contributed by atoms with Gasteiger partial charge in [-0.2, -0.15) is 0 Å². The minimum Gasteiger partial charge on any atom is -0.329 e. The van der Waals surface area contributed by atoms with E-state index in [0.717, 1.165) is 12.6 Å². The van der Waals surface area contributed by atoms with Crippen LogP contribution in [0.3, 0.4) is 0 Å². The van der Waals surface area contributed by atoms with Crippen LogP contribution in [0.2, 0.25) is 0 Å². The second-order valence-corrected chi connectivity index (χ2v) is 6.07.